The topological polar surface area (TPSA) is 58.6 Å². The molecule has 0 spiro atoms. The minimum atomic E-state index is -1.24. The smallest absolute Gasteiger partial charge is 0.412 e. The van der Waals surface area contributed by atoms with Crippen molar-refractivity contribution in [2.45, 2.75) is 32.5 Å². The molecule has 4 nitrogen and oxygen atoms in total. The first-order valence-corrected chi connectivity index (χ1v) is 6.14. The maximum atomic E-state index is 12.4. The molecule has 0 saturated heterocycles. The van der Waals surface area contributed by atoms with Crippen LogP contribution in [-0.4, -0.2) is 23.5 Å². The number of aliphatic hydroxyl groups excluding tert-OH is 1. The summed E-state index contributed by atoms with van der Waals surface area (Å²) in [7, 11) is 0. The van der Waals surface area contributed by atoms with Crippen LogP contribution in [0.1, 0.15) is 32.4 Å². The van der Waals surface area contributed by atoms with Gasteiger partial charge in [0.2, 0.25) is 0 Å². The minimum absolute atomic E-state index is 0.265. The van der Waals surface area contributed by atoms with E-state index in [1.807, 2.05) is 0 Å². The molecule has 0 fully saturated rings. The SMILES string of the molecule is CC(C)(C)OC(=O)Nc1cc(C(O)CF)ccc1Cl. The third kappa shape index (κ3) is 5.04. The molecule has 1 unspecified atom stereocenters. The Kier molecular flexibility index (Phi) is 5.14. The monoisotopic (exact) mass is 289 g/mol. The molecule has 6 heteroatoms. The van der Waals surface area contributed by atoms with Gasteiger partial charge in [0.15, 0.2) is 0 Å². The van der Waals surface area contributed by atoms with Gasteiger partial charge in [0.25, 0.3) is 0 Å². The van der Waals surface area contributed by atoms with Gasteiger partial charge >= 0.3 is 6.09 Å². The highest BCUT2D eigenvalue weighted by molar-refractivity contribution is 6.33. The summed E-state index contributed by atoms with van der Waals surface area (Å²) in [5.41, 5.74) is -0.0361. The first-order valence-electron chi connectivity index (χ1n) is 5.76. The molecule has 0 heterocycles. The number of benzene rings is 1. The van der Waals surface area contributed by atoms with Crippen LogP contribution in [0.2, 0.25) is 5.02 Å². The van der Waals surface area contributed by atoms with Gasteiger partial charge in [-0.15, -0.1) is 0 Å². The highest BCUT2D eigenvalue weighted by atomic mass is 35.5. The van der Waals surface area contributed by atoms with Crippen LogP contribution in [0.25, 0.3) is 0 Å². The van der Waals surface area contributed by atoms with Crippen molar-refractivity contribution in [2.75, 3.05) is 12.0 Å². The maximum absolute atomic E-state index is 12.4. The Morgan fingerprint density at radius 3 is 2.68 bits per heavy atom. The number of amides is 1. The van der Waals surface area contributed by atoms with Crippen molar-refractivity contribution in [3.05, 3.63) is 28.8 Å². The van der Waals surface area contributed by atoms with Crippen LogP contribution >= 0.6 is 11.6 Å². The number of halogens is 2. The van der Waals surface area contributed by atoms with Crippen LogP contribution in [0.15, 0.2) is 18.2 Å². The molecule has 1 rings (SSSR count). The van der Waals surface area contributed by atoms with E-state index in [2.05, 4.69) is 5.32 Å². The zero-order valence-corrected chi connectivity index (χ0v) is 11.8. The summed E-state index contributed by atoms with van der Waals surface area (Å²) in [6.07, 6.45) is -1.90. The van der Waals surface area contributed by atoms with Gasteiger partial charge in [-0.25, -0.2) is 9.18 Å². The number of ether oxygens (including phenoxy) is 1. The molecular weight excluding hydrogens is 273 g/mol. The van der Waals surface area contributed by atoms with Crippen molar-refractivity contribution in [3.8, 4) is 0 Å². The Balaban J connectivity index is 2.85. The maximum Gasteiger partial charge on any atom is 0.412 e. The van der Waals surface area contributed by atoms with E-state index in [1.165, 1.54) is 18.2 Å². The first kappa shape index (κ1) is 15.7. The van der Waals surface area contributed by atoms with E-state index in [9.17, 15) is 14.3 Å². The average Bonchev–Trinajstić information content (AvgIpc) is 2.28. The second-order valence-electron chi connectivity index (χ2n) is 5.04. The van der Waals surface area contributed by atoms with E-state index in [1.54, 1.807) is 20.8 Å². The van der Waals surface area contributed by atoms with E-state index >= 15 is 0 Å². The van der Waals surface area contributed by atoms with Crippen LogP contribution < -0.4 is 5.32 Å². The van der Waals surface area contributed by atoms with Gasteiger partial charge in [-0.2, -0.15) is 0 Å². The molecule has 0 bridgehead atoms. The Labute approximate surface area is 116 Å². The predicted molar refractivity (Wildman–Crippen MR) is 72.2 cm³/mol. The number of carbonyl (C=O) groups excluding carboxylic acids is 1. The molecule has 0 aliphatic rings. The molecular formula is C13H17ClFNO3. The average molecular weight is 290 g/mol. The number of carbonyl (C=O) groups is 1. The van der Waals surface area contributed by atoms with E-state index in [4.69, 9.17) is 16.3 Å². The van der Waals surface area contributed by atoms with Crippen molar-refractivity contribution >= 4 is 23.4 Å². The lowest BCUT2D eigenvalue weighted by Crippen LogP contribution is -2.27. The van der Waals surface area contributed by atoms with E-state index < -0.39 is 24.5 Å². The number of nitrogens with one attached hydrogen (secondary N) is 1. The fourth-order valence-electron chi connectivity index (χ4n) is 1.35. The zero-order chi connectivity index (χ0) is 14.6. The van der Waals surface area contributed by atoms with Gasteiger partial charge in [0.05, 0.1) is 10.7 Å². The summed E-state index contributed by atoms with van der Waals surface area (Å²) in [5.74, 6) is 0. The molecule has 1 aromatic rings. The number of hydrogen-bond acceptors (Lipinski definition) is 3. The molecule has 0 aliphatic heterocycles. The van der Waals surface area contributed by atoms with E-state index in [-0.39, 0.29) is 10.7 Å². The molecule has 2 N–H and O–H groups in total. The number of aliphatic hydroxyl groups is 1. The van der Waals surface area contributed by atoms with Gasteiger partial charge in [-0.05, 0) is 38.5 Å². The Hall–Kier alpha value is -1.33. The lowest BCUT2D eigenvalue weighted by molar-refractivity contribution is 0.0636. The van der Waals surface area contributed by atoms with Crippen molar-refractivity contribution in [1.29, 1.82) is 0 Å². The van der Waals surface area contributed by atoms with Gasteiger partial charge in [-0.3, -0.25) is 5.32 Å². The van der Waals surface area contributed by atoms with Gasteiger partial charge in [0.1, 0.15) is 18.4 Å². The van der Waals surface area contributed by atoms with Crippen LogP contribution in [0, 0.1) is 0 Å². The summed E-state index contributed by atoms with van der Waals surface area (Å²) in [4.78, 5) is 11.6. The number of anilines is 1. The molecule has 19 heavy (non-hydrogen) atoms. The van der Waals surface area contributed by atoms with Crippen LogP contribution in [0.3, 0.4) is 0 Å². The lowest BCUT2D eigenvalue weighted by atomic mass is 10.1. The summed E-state index contributed by atoms with van der Waals surface area (Å²) < 4.78 is 17.5. The number of alkyl halides is 1. The Morgan fingerprint density at radius 2 is 2.16 bits per heavy atom. The third-order valence-corrected chi connectivity index (χ3v) is 2.49. The summed E-state index contributed by atoms with van der Waals surface area (Å²) >= 11 is 5.91. The predicted octanol–water partition coefficient (Wildman–Crippen LogP) is 3.69. The third-order valence-electron chi connectivity index (χ3n) is 2.16. The second-order valence-corrected chi connectivity index (χ2v) is 5.44. The Morgan fingerprint density at radius 1 is 1.53 bits per heavy atom. The molecule has 1 amide bonds. The summed E-state index contributed by atoms with van der Waals surface area (Å²) in [6.45, 7) is 4.29. The summed E-state index contributed by atoms with van der Waals surface area (Å²) in [6, 6.07) is 4.38. The number of hydrogen-bond donors (Lipinski definition) is 2. The molecule has 1 aromatic carbocycles. The minimum Gasteiger partial charge on any atom is -0.444 e. The first-order chi connectivity index (χ1) is 8.73. The summed E-state index contributed by atoms with van der Waals surface area (Å²) in [5, 5.41) is 12.1. The molecule has 106 valence electrons. The number of rotatable bonds is 3. The van der Waals surface area contributed by atoms with Gasteiger partial charge in [-0.1, -0.05) is 17.7 Å². The van der Waals surface area contributed by atoms with Crippen LogP contribution in [-0.2, 0) is 4.74 Å². The normalized spacial score (nSPS) is 12.9. The van der Waals surface area contributed by atoms with Crippen molar-refractivity contribution in [2.24, 2.45) is 0 Å². The van der Waals surface area contributed by atoms with Crippen LogP contribution in [0.4, 0.5) is 14.9 Å². The molecule has 1 atom stereocenters. The van der Waals surface area contributed by atoms with Crippen LogP contribution in [0.5, 0.6) is 0 Å². The van der Waals surface area contributed by atoms with Gasteiger partial charge < -0.3 is 9.84 Å². The molecule has 0 radical (unpaired) electrons. The van der Waals surface area contributed by atoms with E-state index in [0.717, 1.165) is 0 Å². The fourth-order valence-corrected chi connectivity index (χ4v) is 1.51. The van der Waals surface area contributed by atoms with E-state index in [0.29, 0.717) is 5.56 Å². The van der Waals surface area contributed by atoms with Crippen molar-refractivity contribution in [3.63, 3.8) is 0 Å². The highest BCUT2D eigenvalue weighted by Crippen LogP contribution is 2.26. The lowest BCUT2D eigenvalue weighted by Gasteiger charge is -2.20. The van der Waals surface area contributed by atoms with Crippen molar-refractivity contribution < 1.29 is 19.0 Å². The zero-order valence-electron chi connectivity index (χ0n) is 11.0. The molecule has 0 saturated carbocycles. The Bertz CT molecular complexity index is 460. The van der Waals surface area contributed by atoms with Crippen molar-refractivity contribution in [1.82, 2.24) is 0 Å². The molecule has 0 aliphatic carbocycles. The molecule has 0 aromatic heterocycles. The standard InChI is InChI=1S/C13H17ClFNO3/c1-13(2,3)19-12(18)16-10-6-8(11(17)7-15)4-5-9(10)14/h4-6,11,17H,7H2,1-3H3,(H,16,18). The van der Waals surface area contributed by atoms with Gasteiger partial charge in [0, 0.05) is 0 Å². The highest BCUT2D eigenvalue weighted by Gasteiger charge is 2.18. The quantitative estimate of drug-likeness (QED) is 0.892. The largest absolute Gasteiger partial charge is 0.444 e. The fraction of sp³-hybridized carbons (Fsp3) is 0.462. The second kappa shape index (κ2) is 6.21.